The zero-order chi connectivity index (χ0) is 8.10. The van der Waals surface area contributed by atoms with Crippen molar-refractivity contribution >= 4 is 5.82 Å². The maximum atomic E-state index is 4.11. The Labute approximate surface area is 67.1 Å². The molecule has 3 nitrogen and oxygen atoms in total. The highest BCUT2D eigenvalue weighted by molar-refractivity contribution is 5.34. The van der Waals surface area contributed by atoms with E-state index in [4.69, 9.17) is 0 Å². The minimum Gasteiger partial charge on any atom is -0.360 e. The molecule has 0 bridgehead atoms. The van der Waals surface area contributed by atoms with Crippen molar-refractivity contribution in [3.05, 3.63) is 18.6 Å². The summed E-state index contributed by atoms with van der Waals surface area (Å²) in [5.74, 6) is 0.988. The minimum absolute atomic E-state index is 0.988. The Hall–Kier alpha value is -1.12. The van der Waals surface area contributed by atoms with E-state index in [-0.39, 0.29) is 0 Å². The molecule has 0 unspecified atom stereocenters. The second kappa shape index (κ2) is 3.91. The Morgan fingerprint density at radius 3 is 2.91 bits per heavy atom. The molecule has 0 aliphatic rings. The van der Waals surface area contributed by atoms with Crippen LogP contribution in [0, 0.1) is 0 Å². The summed E-state index contributed by atoms with van der Waals surface area (Å²) in [5.41, 5.74) is 0. The summed E-state index contributed by atoms with van der Waals surface area (Å²) >= 11 is 0. The SMILES string of the molecule is CCCN(C)c1ccncn1. The van der Waals surface area contributed by atoms with E-state index in [0.717, 1.165) is 18.8 Å². The van der Waals surface area contributed by atoms with E-state index in [9.17, 15) is 0 Å². The van der Waals surface area contributed by atoms with Gasteiger partial charge in [-0.25, -0.2) is 9.97 Å². The highest BCUT2D eigenvalue weighted by Crippen LogP contribution is 2.04. The van der Waals surface area contributed by atoms with E-state index in [1.165, 1.54) is 0 Å². The highest BCUT2D eigenvalue weighted by Gasteiger charge is 1.97. The third kappa shape index (κ3) is 2.18. The summed E-state index contributed by atoms with van der Waals surface area (Å²) in [6.45, 7) is 3.19. The second-order valence-electron chi connectivity index (χ2n) is 2.49. The first-order valence-electron chi connectivity index (χ1n) is 3.81. The number of anilines is 1. The van der Waals surface area contributed by atoms with Crippen LogP contribution in [0.15, 0.2) is 18.6 Å². The van der Waals surface area contributed by atoms with Crippen molar-refractivity contribution in [3.8, 4) is 0 Å². The fourth-order valence-electron chi connectivity index (χ4n) is 0.959. The largest absolute Gasteiger partial charge is 0.360 e. The van der Waals surface area contributed by atoms with Crippen LogP contribution in [0.3, 0.4) is 0 Å². The predicted octanol–water partition coefficient (Wildman–Crippen LogP) is 1.32. The Morgan fingerprint density at radius 1 is 1.55 bits per heavy atom. The van der Waals surface area contributed by atoms with Gasteiger partial charge in [0.1, 0.15) is 12.1 Å². The lowest BCUT2D eigenvalue weighted by molar-refractivity contribution is 0.834. The van der Waals surface area contributed by atoms with Crippen LogP contribution in [0.2, 0.25) is 0 Å². The molecule has 0 saturated heterocycles. The molecule has 0 amide bonds. The summed E-state index contributed by atoms with van der Waals surface area (Å²) in [4.78, 5) is 10.1. The predicted molar refractivity (Wildman–Crippen MR) is 45.6 cm³/mol. The van der Waals surface area contributed by atoms with Gasteiger partial charge in [-0.15, -0.1) is 0 Å². The molecule has 0 radical (unpaired) electrons. The molecule has 0 saturated carbocycles. The van der Waals surface area contributed by atoms with Crippen molar-refractivity contribution in [2.45, 2.75) is 13.3 Å². The maximum absolute atomic E-state index is 4.11. The molecule has 0 fully saturated rings. The first-order valence-corrected chi connectivity index (χ1v) is 3.81. The Kier molecular flexibility index (Phi) is 2.83. The topological polar surface area (TPSA) is 29.0 Å². The molecular weight excluding hydrogens is 138 g/mol. The first kappa shape index (κ1) is 7.98. The third-order valence-corrected chi connectivity index (χ3v) is 1.52. The van der Waals surface area contributed by atoms with Crippen molar-refractivity contribution in [3.63, 3.8) is 0 Å². The molecule has 1 heterocycles. The zero-order valence-corrected chi connectivity index (χ0v) is 6.99. The highest BCUT2D eigenvalue weighted by atomic mass is 15.2. The minimum atomic E-state index is 0.988. The van der Waals surface area contributed by atoms with Gasteiger partial charge < -0.3 is 4.90 Å². The lowest BCUT2D eigenvalue weighted by Crippen LogP contribution is -2.18. The quantitative estimate of drug-likeness (QED) is 0.652. The molecule has 3 heteroatoms. The van der Waals surface area contributed by atoms with Gasteiger partial charge in [0, 0.05) is 19.8 Å². The van der Waals surface area contributed by atoms with Crippen LogP contribution in [0.25, 0.3) is 0 Å². The summed E-state index contributed by atoms with van der Waals surface area (Å²) in [6, 6.07) is 1.91. The average Bonchev–Trinajstić information content (AvgIpc) is 2.07. The maximum Gasteiger partial charge on any atom is 0.131 e. The molecule has 1 aromatic rings. The Bertz CT molecular complexity index is 198. The van der Waals surface area contributed by atoms with Crippen LogP contribution in [0.5, 0.6) is 0 Å². The lowest BCUT2D eigenvalue weighted by atomic mass is 10.4. The fraction of sp³-hybridized carbons (Fsp3) is 0.500. The average molecular weight is 151 g/mol. The standard InChI is InChI=1S/C8H13N3/c1-3-6-11(2)8-4-5-9-7-10-8/h4-5,7H,3,6H2,1-2H3. The monoisotopic (exact) mass is 151 g/mol. The van der Waals surface area contributed by atoms with Gasteiger partial charge in [-0.1, -0.05) is 6.92 Å². The Morgan fingerprint density at radius 2 is 2.36 bits per heavy atom. The molecule has 0 aliphatic carbocycles. The number of aromatic nitrogens is 2. The zero-order valence-electron chi connectivity index (χ0n) is 6.99. The van der Waals surface area contributed by atoms with Gasteiger partial charge in [-0.2, -0.15) is 0 Å². The van der Waals surface area contributed by atoms with E-state index in [2.05, 4.69) is 21.8 Å². The van der Waals surface area contributed by atoms with E-state index < -0.39 is 0 Å². The number of nitrogens with zero attached hydrogens (tertiary/aromatic N) is 3. The normalized spacial score (nSPS) is 9.64. The molecule has 0 atom stereocenters. The van der Waals surface area contributed by atoms with Crippen LogP contribution in [-0.2, 0) is 0 Å². The van der Waals surface area contributed by atoms with Gasteiger partial charge in [0.15, 0.2) is 0 Å². The molecule has 1 rings (SSSR count). The van der Waals surface area contributed by atoms with Crippen molar-refractivity contribution in [1.82, 2.24) is 9.97 Å². The van der Waals surface area contributed by atoms with E-state index in [1.54, 1.807) is 12.5 Å². The second-order valence-corrected chi connectivity index (χ2v) is 2.49. The molecule has 0 aliphatic heterocycles. The summed E-state index contributed by atoms with van der Waals surface area (Å²) in [5, 5.41) is 0. The smallest absolute Gasteiger partial charge is 0.131 e. The Balaban J connectivity index is 2.61. The van der Waals surface area contributed by atoms with E-state index in [1.807, 2.05) is 13.1 Å². The molecule has 0 spiro atoms. The van der Waals surface area contributed by atoms with E-state index in [0.29, 0.717) is 0 Å². The van der Waals surface area contributed by atoms with Crippen LogP contribution in [-0.4, -0.2) is 23.6 Å². The first-order chi connectivity index (χ1) is 5.34. The fourth-order valence-corrected chi connectivity index (χ4v) is 0.959. The van der Waals surface area contributed by atoms with Gasteiger partial charge in [-0.3, -0.25) is 0 Å². The molecular formula is C8H13N3. The molecule has 0 N–H and O–H groups in total. The van der Waals surface area contributed by atoms with Crippen molar-refractivity contribution in [2.24, 2.45) is 0 Å². The van der Waals surface area contributed by atoms with Crippen LogP contribution in [0.1, 0.15) is 13.3 Å². The van der Waals surface area contributed by atoms with Gasteiger partial charge >= 0.3 is 0 Å². The van der Waals surface area contributed by atoms with Crippen LogP contribution >= 0.6 is 0 Å². The summed E-state index contributed by atoms with van der Waals surface area (Å²) in [6.07, 6.45) is 4.47. The number of hydrogen-bond donors (Lipinski definition) is 0. The number of rotatable bonds is 3. The van der Waals surface area contributed by atoms with Gasteiger partial charge in [0.2, 0.25) is 0 Å². The van der Waals surface area contributed by atoms with Gasteiger partial charge in [0.05, 0.1) is 0 Å². The van der Waals surface area contributed by atoms with Gasteiger partial charge in [-0.05, 0) is 12.5 Å². The van der Waals surface area contributed by atoms with E-state index >= 15 is 0 Å². The lowest BCUT2D eigenvalue weighted by Gasteiger charge is -2.15. The number of hydrogen-bond acceptors (Lipinski definition) is 3. The third-order valence-electron chi connectivity index (χ3n) is 1.52. The molecule has 1 aromatic heterocycles. The molecule has 60 valence electrons. The van der Waals surface area contributed by atoms with Crippen molar-refractivity contribution in [2.75, 3.05) is 18.5 Å². The van der Waals surface area contributed by atoms with Crippen LogP contribution in [0.4, 0.5) is 5.82 Å². The summed E-state index contributed by atoms with van der Waals surface area (Å²) < 4.78 is 0. The van der Waals surface area contributed by atoms with Crippen molar-refractivity contribution in [1.29, 1.82) is 0 Å². The molecule has 0 aromatic carbocycles. The van der Waals surface area contributed by atoms with Gasteiger partial charge in [0.25, 0.3) is 0 Å². The van der Waals surface area contributed by atoms with Crippen LogP contribution < -0.4 is 4.90 Å². The summed E-state index contributed by atoms with van der Waals surface area (Å²) in [7, 11) is 2.03. The van der Waals surface area contributed by atoms with Crippen molar-refractivity contribution < 1.29 is 0 Å². The molecule has 11 heavy (non-hydrogen) atoms.